The predicted molar refractivity (Wildman–Crippen MR) is 119 cm³/mol. The number of carbonyl (C=O) groups is 2. The molecule has 0 atom stereocenters. The molecule has 5 heteroatoms. The Kier molecular flexibility index (Phi) is 8.01. The molecular formula is C25H22O4S. The van der Waals surface area contributed by atoms with Crippen molar-refractivity contribution in [3.05, 3.63) is 108 Å². The van der Waals surface area contributed by atoms with Gasteiger partial charge in [-0.15, -0.1) is 0 Å². The molecule has 3 aromatic carbocycles. The van der Waals surface area contributed by atoms with Crippen molar-refractivity contribution >= 4 is 28.4 Å². The number of methoxy groups -OCH3 is 1. The van der Waals surface area contributed by atoms with E-state index in [0.717, 1.165) is 28.5 Å². The van der Waals surface area contributed by atoms with E-state index in [0.29, 0.717) is 17.1 Å². The first kappa shape index (κ1) is 21.6. The molecule has 4 nitrogen and oxygen atoms in total. The normalized spacial score (nSPS) is 10.3. The number of benzene rings is 3. The number of hydrogen-bond donors (Lipinski definition) is 0. The molecule has 0 N–H and O–H groups in total. The molecule has 3 aromatic rings. The lowest BCUT2D eigenvalue weighted by Gasteiger charge is -2.09. The average Bonchev–Trinajstić information content (AvgIpc) is 2.80. The lowest BCUT2D eigenvalue weighted by Crippen LogP contribution is -2.08. The van der Waals surface area contributed by atoms with Crippen molar-refractivity contribution in [1.29, 1.82) is 0 Å². The minimum Gasteiger partial charge on any atom is -0.465 e. The van der Waals surface area contributed by atoms with Crippen LogP contribution in [0.15, 0.2) is 95.9 Å². The van der Waals surface area contributed by atoms with Gasteiger partial charge in [0.25, 0.3) is 0 Å². The standard InChI is InChI=1S/C25H22O4S/c1-28-25(27)22-14-8-9-15-23(22)30-24(26)18-29-17-16-21(19-10-4-2-5-11-19)20-12-6-3-7-13-20/h2-16H,17-18H2,1H3. The summed E-state index contributed by atoms with van der Waals surface area (Å²) in [5, 5.41) is -0.180. The maximum absolute atomic E-state index is 12.3. The molecule has 0 aromatic heterocycles. The zero-order chi connectivity index (χ0) is 21.2. The van der Waals surface area contributed by atoms with Crippen LogP contribution in [0.25, 0.3) is 5.57 Å². The van der Waals surface area contributed by atoms with Gasteiger partial charge in [-0.2, -0.15) is 0 Å². The summed E-state index contributed by atoms with van der Waals surface area (Å²) in [6.07, 6.45) is 1.98. The Labute approximate surface area is 180 Å². The van der Waals surface area contributed by atoms with Crippen LogP contribution in [0.2, 0.25) is 0 Å². The smallest absolute Gasteiger partial charge is 0.339 e. The number of esters is 1. The minimum atomic E-state index is -0.467. The van der Waals surface area contributed by atoms with Crippen molar-refractivity contribution in [3.63, 3.8) is 0 Å². The first-order valence-electron chi connectivity index (χ1n) is 9.46. The van der Waals surface area contributed by atoms with Crippen LogP contribution >= 0.6 is 11.8 Å². The number of carbonyl (C=O) groups excluding carboxylic acids is 2. The van der Waals surface area contributed by atoms with Crippen molar-refractivity contribution in [2.24, 2.45) is 0 Å². The van der Waals surface area contributed by atoms with Crippen molar-refractivity contribution in [2.75, 3.05) is 20.3 Å². The Morgan fingerprint density at radius 2 is 1.40 bits per heavy atom. The van der Waals surface area contributed by atoms with Gasteiger partial charge in [0, 0.05) is 4.90 Å². The summed E-state index contributed by atoms with van der Waals surface area (Å²) in [5.74, 6) is -0.467. The van der Waals surface area contributed by atoms with Crippen LogP contribution in [0.4, 0.5) is 0 Å². The molecule has 0 bridgehead atoms. The van der Waals surface area contributed by atoms with Crippen molar-refractivity contribution in [3.8, 4) is 0 Å². The topological polar surface area (TPSA) is 52.6 Å². The third-order valence-electron chi connectivity index (χ3n) is 4.31. The average molecular weight is 419 g/mol. The van der Waals surface area contributed by atoms with E-state index in [1.165, 1.54) is 7.11 Å². The van der Waals surface area contributed by atoms with Gasteiger partial charge in [0.05, 0.1) is 19.3 Å². The molecule has 0 spiro atoms. The highest BCUT2D eigenvalue weighted by Gasteiger charge is 2.14. The highest BCUT2D eigenvalue weighted by molar-refractivity contribution is 8.13. The molecule has 0 amide bonds. The van der Waals surface area contributed by atoms with Gasteiger partial charge < -0.3 is 9.47 Å². The molecule has 0 radical (unpaired) electrons. The van der Waals surface area contributed by atoms with Crippen LogP contribution in [0.1, 0.15) is 21.5 Å². The van der Waals surface area contributed by atoms with Crippen molar-refractivity contribution < 1.29 is 19.1 Å². The molecule has 0 unspecified atom stereocenters. The number of thioether (sulfide) groups is 1. The summed E-state index contributed by atoms with van der Waals surface area (Å²) in [6, 6.07) is 27.0. The second kappa shape index (κ2) is 11.1. The maximum atomic E-state index is 12.3. The largest absolute Gasteiger partial charge is 0.465 e. The monoisotopic (exact) mass is 418 g/mol. The lowest BCUT2D eigenvalue weighted by molar-refractivity contribution is -0.114. The second-order valence-corrected chi connectivity index (χ2v) is 7.43. The Morgan fingerprint density at radius 3 is 2.00 bits per heavy atom. The summed E-state index contributed by atoms with van der Waals surface area (Å²) < 4.78 is 10.4. The quantitative estimate of drug-likeness (QED) is 0.284. The Bertz CT molecular complexity index is 972. The van der Waals surface area contributed by atoms with E-state index in [1.54, 1.807) is 24.3 Å². The minimum absolute atomic E-state index is 0.0620. The van der Waals surface area contributed by atoms with E-state index in [9.17, 15) is 9.59 Å². The van der Waals surface area contributed by atoms with Gasteiger partial charge in [0.2, 0.25) is 5.12 Å². The number of rotatable bonds is 8. The number of ether oxygens (including phenoxy) is 2. The van der Waals surface area contributed by atoms with Gasteiger partial charge in [-0.05, 0) is 40.6 Å². The zero-order valence-corrected chi connectivity index (χ0v) is 17.4. The van der Waals surface area contributed by atoms with Crippen LogP contribution in [0.5, 0.6) is 0 Å². The molecule has 3 rings (SSSR count). The van der Waals surface area contributed by atoms with E-state index < -0.39 is 5.97 Å². The highest BCUT2D eigenvalue weighted by Crippen LogP contribution is 2.25. The van der Waals surface area contributed by atoms with Gasteiger partial charge in [-0.3, -0.25) is 4.79 Å². The summed E-state index contributed by atoms with van der Waals surface area (Å²) in [6.45, 7) is 0.234. The van der Waals surface area contributed by atoms with Crippen molar-refractivity contribution in [2.45, 2.75) is 4.90 Å². The van der Waals surface area contributed by atoms with Crippen LogP contribution < -0.4 is 0 Å². The van der Waals surface area contributed by atoms with Gasteiger partial charge in [-0.25, -0.2) is 4.79 Å². The molecule has 0 saturated heterocycles. The van der Waals surface area contributed by atoms with Gasteiger partial charge in [0.1, 0.15) is 6.61 Å². The maximum Gasteiger partial charge on any atom is 0.339 e. The van der Waals surface area contributed by atoms with Crippen LogP contribution in [-0.4, -0.2) is 31.4 Å². The van der Waals surface area contributed by atoms with Crippen LogP contribution in [0.3, 0.4) is 0 Å². The Hall–Kier alpha value is -3.15. The molecule has 0 aliphatic carbocycles. The fourth-order valence-electron chi connectivity index (χ4n) is 2.91. The molecule has 0 saturated carbocycles. The van der Waals surface area contributed by atoms with E-state index in [-0.39, 0.29) is 11.7 Å². The fraction of sp³-hybridized carbons (Fsp3) is 0.120. The summed E-state index contributed by atoms with van der Waals surface area (Å²) >= 11 is 0.980. The molecule has 0 aliphatic heterocycles. The fourth-order valence-corrected chi connectivity index (χ4v) is 3.70. The SMILES string of the molecule is COC(=O)c1ccccc1SC(=O)COCC=C(c1ccccc1)c1ccccc1. The molecule has 152 valence electrons. The van der Waals surface area contributed by atoms with Crippen LogP contribution in [-0.2, 0) is 14.3 Å². The molecular weight excluding hydrogens is 396 g/mol. The number of hydrogen-bond acceptors (Lipinski definition) is 5. The summed E-state index contributed by atoms with van der Waals surface area (Å²) in [5.41, 5.74) is 3.58. The molecule has 0 aliphatic rings. The Balaban J connectivity index is 1.63. The highest BCUT2D eigenvalue weighted by atomic mass is 32.2. The van der Waals surface area contributed by atoms with E-state index in [1.807, 2.05) is 66.7 Å². The Morgan fingerprint density at radius 1 is 0.833 bits per heavy atom. The van der Waals surface area contributed by atoms with Gasteiger partial charge in [0.15, 0.2) is 0 Å². The first-order valence-corrected chi connectivity index (χ1v) is 10.3. The van der Waals surface area contributed by atoms with E-state index in [4.69, 9.17) is 9.47 Å². The molecule has 0 fully saturated rings. The predicted octanol–water partition coefficient (Wildman–Crippen LogP) is 5.24. The first-order chi connectivity index (χ1) is 14.7. The van der Waals surface area contributed by atoms with Crippen molar-refractivity contribution in [1.82, 2.24) is 0 Å². The zero-order valence-electron chi connectivity index (χ0n) is 16.6. The summed E-state index contributed by atoms with van der Waals surface area (Å²) in [7, 11) is 1.32. The van der Waals surface area contributed by atoms with Crippen LogP contribution in [0, 0.1) is 0 Å². The second-order valence-electron chi connectivity index (χ2n) is 6.33. The summed E-state index contributed by atoms with van der Waals surface area (Å²) in [4.78, 5) is 24.7. The van der Waals surface area contributed by atoms with Gasteiger partial charge in [-0.1, -0.05) is 78.9 Å². The van der Waals surface area contributed by atoms with E-state index in [2.05, 4.69) is 0 Å². The molecule has 30 heavy (non-hydrogen) atoms. The lowest BCUT2D eigenvalue weighted by atomic mass is 9.98. The van der Waals surface area contributed by atoms with Gasteiger partial charge >= 0.3 is 5.97 Å². The molecule has 0 heterocycles. The third-order valence-corrected chi connectivity index (χ3v) is 5.23. The van der Waals surface area contributed by atoms with E-state index >= 15 is 0 Å². The third kappa shape index (κ3) is 5.92.